The first-order valence-corrected chi connectivity index (χ1v) is 9.76. The number of fused-ring (bicyclic) bond motifs is 1. The van der Waals surface area contributed by atoms with Crippen LogP contribution in [0.15, 0.2) is 42.5 Å². The van der Waals surface area contributed by atoms with Gasteiger partial charge in [-0.25, -0.2) is 0 Å². The lowest BCUT2D eigenvalue weighted by Gasteiger charge is -2.22. The SMILES string of the molecule is CC[C@H](NC(=O)c1ccc(OC(C)C)cc1)c1ccc2c(c1)CCCC2. The second-order valence-corrected chi connectivity index (χ2v) is 7.36. The Balaban J connectivity index is 1.70. The van der Waals surface area contributed by atoms with Gasteiger partial charge in [0.2, 0.25) is 0 Å². The van der Waals surface area contributed by atoms with E-state index < -0.39 is 0 Å². The van der Waals surface area contributed by atoms with Crippen LogP contribution in [-0.4, -0.2) is 12.0 Å². The number of benzene rings is 2. The first-order valence-electron chi connectivity index (χ1n) is 9.76. The van der Waals surface area contributed by atoms with Crippen molar-refractivity contribution in [3.8, 4) is 5.75 Å². The Hall–Kier alpha value is -2.29. The highest BCUT2D eigenvalue weighted by Crippen LogP contribution is 2.26. The summed E-state index contributed by atoms with van der Waals surface area (Å²) in [6.07, 6.45) is 5.90. The monoisotopic (exact) mass is 351 g/mol. The number of hydrogen-bond donors (Lipinski definition) is 1. The van der Waals surface area contributed by atoms with E-state index in [0.29, 0.717) is 5.56 Å². The lowest BCUT2D eigenvalue weighted by Crippen LogP contribution is -2.28. The number of aryl methyl sites for hydroxylation is 2. The summed E-state index contributed by atoms with van der Waals surface area (Å²) in [5, 5.41) is 3.19. The minimum absolute atomic E-state index is 0.0364. The molecule has 1 amide bonds. The molecule has 0 bridgehead atoms. The second-order valence-electron chi connectivity index (χ2n) is 7.36. The summed E-state index contributed by atoms with van der Waals surface area (Å²) in [7, 11) is 0. The summed E-state index contributed by atoms with van der Waals surface area (Å²) in [5.41, 5.74) is 4.80. The Morgan fingerprint density at radius 2 is 1.73 bits per heavy atom. The molecule has 3 rings (SSSR count). The number of hydrogen-bond acceptors (Lipinski definition) is 2. The average molecular weight is 351 g/mol. The molecule has 1 atom stereocenters. The molecule has 3 nitrogen and oxygen atoms in total. The molecule has 0 spiro atoms. The van der Waals surface area contributed by atoms with Crippen LogP contribution in [0.4, 0.5) is 0 Å². The Morgan fingerprint density at radius 1 is 1.04 bits per heavy atom. The third-order valence-electron chi connectivity index (χ3n) is 4.98. The van der Waals surface area contributed by atoms with Crippen LogP contribution in [0.5, 0.6) is 5.75 Å². The van der Waals surface area contributed by atoms with Crippen molar-refractivity contribution < 1.29 is 9.53 Å². The number of carbonyl (C=O) groups is 1. The Kier molecular flexibility index (Phi) is 5.97. The summed E-state index contributed by atoms with van der Waals surface area (Å²) >= 11 is 0. The van der Waals surface area contributed by atoms with Crippen LogP contribution in [-0.2, 0) is 12.8 Å². The van der Waals surface area contributed by atoms with Crippen molar-refractivity contribution in [1.82, 2.24) is 5.32 Å². The maximum absolute atomic E-state index is 12.7. The van der Waals surface area contributed by atoms with Crippen LogP contribution in [0.25, 0.3) is 0 Å². The molecule has 3 heteroatoms. The molecule has 0 aliphatic heterocycles. The molecule has 0 heterocycles. The van der Waals surface area contributed by atoms with Crippen LogP contribution in [0.3, 0.4) is 0 Å². The summed E-state index contributed by atoms with van der Waals surface area (Å²) in [4.78, 5) is 12.7. The summed E-state index contributed by atoms with van der Waals surface area (Å²) in [6.45, 7) is 6.10. The maximum atomic E-state index is 12.7. The first kappa shape index (κ1) is 18.5. The number of ether oxygens (including phenoxy) is 1. The molecule has 2 aromatic carbocycles. The van der Waals surface area contributed by atoms with Crippen LogP contribution < -0.4 is 10.1 Å². The van der Waals surface area contributed by atoms with Gasteiger partial charge >= 0.3 is 0 Å². The summed E-state index contributed by atoms with van der Waals surface area (Å²) < 4.78 is 5.64. The number of nitrogens with one attached hydrogen (secondary N) is 1. The Labute approximate surface area is 156 Å². The molecule has 1 N–H and O–H groups in total. The maximum Gasteiger partial charge on any atom is 0.251 e. The Morgan fingerprint density at radius 3 is 2.38 bits per heavy atom. The number of amides is 1. The van der Waals surface area contributed by atoms with Gasteiger partial charge in [-0.2, -0.15) is 0 Å². The number of rotatable bonds is 6. The summed E-state index contributed by atoms with van der Waals surface area (Å²) in [6, 6.07) is 14.1. The van der Waals surface area contributed by atoms with E-state index in [1.165, 1.54) is 36.0 Å². The van der Waals surface area contributed by atoms with Gasteiger partial charge in [0.25, 0.3) is 5.91 Å². The third kappa shape index (κ3) is 4.46. The van der Waals surface area contributed by atoms with Crippen molar-refractivity contribution >= 4 is 5.91 Å². The average Bonchev–Trinajstić information content (AvgIpc) is 2.65. The second kappa shape index (κ2) is 8.39. The largest absolute Gasteiger partial charge is 0.491 e. The zero-order chi connectivity index (χ0) is 18.5. The van der Waals surface area contributed by atoms with E-state index >= 15 is 0 Å². The molecule has 138 valence electrons. The first-order chi connectivity index (χ1) is 12.6. The topological polar surface area (TPSA) is 38.3 Å². The van der Waals surface area contributed by atoms with Gasteiger partial charge in [0.05, 0.1) is 12.1 Å². The van der Waals surface area contributed by atoms with Gasteiger partial charge in [-0.1, -0.05) is 25.1 Å². The number of carbonyl (C=O) groups excluding carboxylic acids is 1. The molecule has 2 aromatic rings. The lowest BCUT2D eigenvalue weighted by atomic mass is 9.88. The lowest BCUT2D eigenvalue weighted by molar-refractivity contribution is 0.0935. The predicted octanol–water partition coefficient (Wildman–Crippen LogP) is 5.23. The summed E-state index contributed by atoms with van der Waals surface area (Å²) in [5.74, 6) is 0.754. The molecule has 0 fully saturated rings. The fourth-order valence-electron chi connectivity index (χ4n) is 3.59. The van der Waals surface area contributed by atoms with Crippen molar-refractivity contribution in [3.63, 3.8) is 0 Å². The molecule has 0 saturated heterocycles. The standard InChI is InChI=1S/C23H29NO2/c1-4-22(20-10-9-17-7-5-6-8-19(17)15-20)24-23(25)18-11-13-21(14-12-18)26-16(2)3/h9-16,22H,4-8H2,1-3H3,(H,24,25)/t22-/m0/s1. The van der Waals surface area contributed by atoms with Crippen LogP contribution in [0.2, 0.25) is 0 Å². The Bertz CT molecular complexity index is 749. The van der Waals surface area contributed by atoms with Gasteiger partial charge < -0.3 is 10.1 Å². The highest BCUT2D eigenvalue weighted by molar-refractivity contribution is 5.94. The minimum Gasteiger partial charge on any atom is -0.491 e. The van der Waals surface area contributed by atoms with E-state index in [1.807, 2.05) is 38.1 Å². The van der Waals surface area contributed by atoms with Gasteiger partial charge in [-0.05, 0) is 86.9 Å². The van der Waals surface area contributed by atoms with Crippen LogP contribution in [0.1, 0.15) is 73.1 Å². The zero-order valence-electron chi connectivity index (χ0n) is 16.0. The van der Waals surface area contributed by atoms with Crippen LogP contribution >= 0.6 is 0 Å². The molecule has 0 unspecified atom stereocenters. The van der Waals surface area contributed by atoms with Gasteiger partial charge in [-0.15, -0.1) is 0 Å². The van der Waals surface area contributed by atoms with Crippen molar-refractivity contribution in [2.75, 3.05) is 0 Å². The van der Waals surface area contributed by atoms with Gasteiger partial charge in [0, 0.05) is 5.56 Å². The van der Waals surface area contributed by atoms with E-state index in [-0.39, 0.29) is 18.1 Å². The third-order valence-corrected chi connectivity index (χ3v) is 4.98. The minimum atomic E-state index is -0.0364. The molecule has 0 radical (unpaired) electrons. The highest BCUT2D eigenvalue weighted by Gasteiger charge is 2.17. The van der Waals surface area contributed by atoms with Crippen molar-refractivity contribution in [2.45, 2.75) is 65.0 Å². The molecule has 0 aromatic heterocycles. The van der Waals surface area contributed by atoms with Crippen molar-refractivity contribution in [3.05, 3.63) is 64.7 Å². The van der Waals surface area contributed by atoms with E-state index in [1.54, 1.807) is 0 Å². The van der Waals surface area contributed by atoms with Gasteiger partial charge in [-0.3, -0.25) is 4.79 Å². The van der Waals surface area contributed by atoms with Crippen molar-refractivity contribution in [2.24, 2.45) is 0 Å². The zero-order valence-corrected chi connectivity index (χ0v) is 16.0. The fraction of sp³-hybridized carbons (Fsp3) is 0.435. The van der Waals surface area contributed by atoms with E-state index in [9.17, 15) is 4.79 Å². The van der Waals surface area contributed by atoms with Gasteiger partial charge in [0.1, 0.15) is 5.75 Å². The smallest absolute Gasteiger partial charge is 0.251 e. The normalized spacial score (nSPS) is 14.6. The molecular weight excluding hydrogens is 322 g/mol. The molecular formula is C23H29NO2. The highest BCUT2D eigenvalue weighted by atomic mass is 16.5. The molecule has 0 saturated carbocycles. The molecule has 1 aliphatic carbocycles. The predicted molar refractivity (Wildman–Crippen MR) is 106 cm³/mol. The van der Waals surface area contributed by atoms with E-state index in [4.69, 9.17) is 4.74 Å². The van der Waals surface area contributed by atoms with E-state index in [0.717, 1.165) is 18.6 Å². The fourth-order valence-corrected chi connectivity index (χ4v) is 3.59. The van der Waals surface area contributed by atoms with Crippen molar-refractivity contribution in [1.29, 1.82) is 0 Å². The molecule has 26 heavy (non-hydrogen) atoms. The van der Waals surface area contributed by atoms with Gasteiger partial charge in [0.15, 0.2) is 0 Å². The van der Waals surface area contributed by atoms with Crippen LogP contribution in [0, 0.1) is 0 Å². The molecule has 1 aliphatic rings. The quantitative estimate of drug-likeness (QED) is 0.773. The van der Waals surface area contributed by atoms with E-state index in [2.05, 4.69) is 30.4 Å².